The number of ether oxygens (including phenoxy) is 1. The lowest BCUT2D eigenvalue weighted by Gasteiger charge is -2.08. The molecule has 0 amide bonds. The molecule has 0 unspecified atom stereocenters. The summed E-state index contributed by atoms with van der Waals surface area (Å²) in [5.41, 5.74) is 2.95. The van der Waals surface area contributed by atoms with Crippen molar-refractivity contribution in [2.75, 3.05) is 6.61 Å². The first kappa shape index (κ1) is 16.6. The first-order valence-corrected chi connectivity index (χ1v) is 8.06. The van der Waals surface area contributed by atoms with Crippen molar-refractivity contribution in [1.82, 2.24) is 0 Å². The Morgan fingerprint density at radius 2 is 1.72 bits per heavy atom. The van der Waals surface area contributed by atoms with E-state index >= 15 is 0 Å². The van der Waals surface area contributed by atoms with Crippen LogP contribution >= 0.6 is 0 Å². The van der Waals surface area contributed by atoms with Crippen LogP contribution in [0.3, 0.4) is 0 Å². The molecular weight excluding hydrogens is 314 g/mol. The number of aromatic hydroxyl groups is 2. The minimum atomic E-state index is 0.0341. The molecular formula is C21H19NO3. The number of benzene rings is 3. The summed E-state index contributed by atoms with van der Waals surface area (Å²) in [4.78, 5) is 4.33. The second-order valence-corrected chi connectivity index (χ2v) is 5.45. The number of phenols is 2. The highest BCUT2D eigenvalue weighted by atomic mass is 16.5. The molecule has 0 aliphatic rings. The van der Waals surface area contributed by atoms with Gasteiger partial charge in [-0.2, -0.15) is 0 Å². The normalized spacial score (nSPS) is 10.9. The van der Waals surface area contributed by atoms with Crippen LogP contribution in [0.4, 0.5) is 5.69 Å². The highest BCUT2D eigenvalue weighted by Gasteiger charge is 2.07. The molecule has 3 rings (SSSR count). The third kappa shape index (κ3) is 3.80. The first-order chi connectivity index (χ1) is 12.2. The Bertz CT molecular complexity index is 889. The maximum Gasteiger partial charge on any atom is 0.166 e. The molecule has 2 N–H and O–H groups in total. The van der Waals surface area contributed by atoms with Gasteiger partial charge in [0.1, 0.15) is 11.4 Å². The Morgan fingerprint density at radius 3 is 2.48 bits per heavy atom. The molecule has 0 aliphatic carbocycles. The highest BCUT2D eigenvalue weighted by Crippen LogP contribution is 2.33. The number of aliphatic imine (C=N–C) groups is 1. The van der Waals surface area contributed by atoms with Crippen molar-refractivity contribution in [1.29, 1.82) is 0 Å². The van der Waals surface area contributed by atoms with Gasteiger partial charge in [0.05, 0.1) is 6.61 Å². The van der Waals surface area contributed by atoms with E-state index in [0.717, 1.165) is 11.1 Å². The van der Waals surface area contributed by atoms with Crippen molar-refractivity contribution in [3.8, 4) is 28.4 Å². The number of para-hydroxylation sites is 1. The Hall–Kier alpha value is -3.27. The minimum absolute atomic E-state index is 0.0341. The van der Waals surface area contributed by atoms with Crippen molar-refractivity contribution >= 4 is 11.9 Å². The van der Waals surface area contributed by atoms with Gasteiger partial charge in [0, 0.05) is 11.8 Å². The van der Waals surface area contributed by atoms with Crippen LogP contribution in [0.1, 0.15) is 12.5 Å². The standard InChI is InChI=1S/C21H19NO3/c1-2-25-20-10-6-9-17(21(20)24)14-22-18-13-16(11-12-19(18)23)15-7-4-3-5-8-15/h3-14,23-24H,2H2,1H3. The van der Waals surface area contributed by atoms with Crippen LogP contribution in [0, 0.1) is 0 Å². The molecule has 25 heavy (non-hydrogen) atoms. The summed E-state index contributed by atoms with van der Waals surface area (Å²) < 4.78 is 5.37. The summed E-state index contributed by atoms with van der Waals surface area (Å²) in [6.45, 7) is 2.32. The second kappa shape index (κ2) is 7.53. The van der Waals surface area contributed by atoms with E-state index in [4.69, 9.17) is 4.74 Å². The van der Waals surface area contributed by atoms with E-state index in [1.807, 2.05) is 49.4 Å². The van der Waals surface area contributed by atoms with Crippen LogP contribution < -0.4 is 4.74 Å². The smallest absolute Gasteiger partial charge is 0.166 e. The fourth-order valence-corrected chi connectivity index (χ4v) is 2.49. The lowest BCUT2D eigenvalue weighted by molar-refractivity contribution is 0.318. The predicted octanol–water partition coefficient (Wildman–Crippen LogP) is 4.91. The highest BCUT2D eigenvalue weighted by molar-refractivity contribution is 5.87. The molecule has 3 aromatic rings. The third-order valence-corrected chi connectivity index (χ3v) is 3.76. The molecule has 0 saturated carbocycles. The average molecular weight is 333 g/mol. The molecule has 0 radical (unpaired) electrons. The van der Waals surface area contributed by atoms with Crippen LogP contribution in [0.2, 0.25) is 0 Å². The molecule has 0 bridgehead atoms. The van der Waals surface area contributed by atoms with Gasteiger partial charge in [-0.15, -0.1) is 0 Å². The molecule has 0 aliphatic heterocycles. The lowest BCUT2D eigenvalue weighted by atomic mass is 10.0. The Balaban J connectivity index is 1.93. The molecule has 126 valence electrons. The van der Waals surface area contributed by atoms with E-state index in [2.05, 4.69) is 4.99 Å². The van der Waals surface area contributed by atoms with E-state index in [1.165, 1.54) is 6.21 Å². The van der Waals surface area contributed by atoms with Crippen molar-refractivity contribution in [3.05, 3.63) is 72.3 Å². The van der Waals surface area contributed by atoms with Crippen molar-refractivity contribution in [2.45, 2.75) is 6.92 Å². The van der Waals surface area contributed by atoms with Crippen LogP contribution in [0.15, 0.2) is 71.7 Å². The Morgan fingerprint density at radius 1 is 0.920 bits per heavy atom. The zero-order valence-corrected chi connectivity index (χ0v) is 13.9. The number of nitrogens with zero attached hydrogens (tertiary/aromatic N) is 1. The zero-order chi connectivity index (χ0) is 17.6. The monoisotopic (exact) mass is 333 g/mol. The summed E-state index contributed by atoms with van der Waals surface area (Å²) in [7, 11) is 0. The van der Waals surface area contributed by atoms with E-state index in [9.17, 15) is 10.2 Å². The first-order valence-electron chi connectivity index (χ1n) is 8.06. The van der Waals surface area contributed by atoms with Gasteiger partial charge in [-0.05, 0) is 42.3 Å². The van der Waals surface area contributed by atoms with Gasteiger partial charge in [-0.25, -0.2) is 0 Å². The van der Waals surface area contributed by atoms with Gasteiger partial charge in [-0.3, -0.25) is 4.99 Å². The van der Waals surface area contributed by atoms with E-state index in [1.54, 1.807) is 24.3 Å². The SMILES string of the molecule is CCOc1cccc(C=Nc2cc(-c3ccccc3)ccc2O)c1O. The van der Waals surface area contributed by atoms with Crippen LogP contribution in [0.5, 0.6) is 17.2 Å². The summed E-state index contributed by atoms with van der Waals surface area (Å²) in [6.07, 6.45) is 1.52. The fourth-order valence-electron chi connectivity index (χ4n) is 2.49. The maximum absolute atomic E-state index is 10.2. The summed E-state index contributed by atoms with van der Waals surface area (Å²) in [5.74, 6) is 0.525. The topological polar surface area (TPSA) is 62.0 Å². The van der Waals surface area contributed by atoms with Crippen molar-refractivity contribution in [2.24, 2.45) is 4.99 Å². The molecule has 0 aromatic heterocycles. The summed E-state index contributed by atoms with van der Waals surface area (Å²) in [5, 5.41) is 20.3. The van der Waals surface area contributed by atoms with Crippen molar-refractivity contribution in [3.63, 3.8) is 0 Å². The fraction of sp³-hybridized carbons (Fsp3) is 0.0952. The minimum Gasteiger partial charge on any atom is -0.506 e. The molecule has 0 spiro atoms. The molecule has 0 atom stereocenters. The van der Waals surface area contributed by atoms with Crippen LogP contribution in [0.25, 0.3) is 11.1 Å². The van der Waals surface area contributed by atoms with E-state index in [-0.39, 0.29) is 11.5 Å². The number of rotatable bonds is 5. The quantitative estimate of drug-likeness (QED) is 0.652. The van der Waals surface area contributed by atoms with Crippen molar-refractivity contribution < 1.29 is 14.9 Å². The van der Waals surface area contributed by atoms with Gasteiger partial charge >= 0.3 is 0 Å². The molecule has 0 saturated heterocycles. The number of hydrogen-bond donors (Lipinski definition) is 2. The number of phenolic OH excluding ortho intramolecular Hbond substituents is 2. The van der Waals surface area contributed by atoms with Gasteiger partial charge in [0.25, 0.3) is 0 Å². The molecule has 3 aromatic carbocycles. The van der Waals surface area contributed by atoms with Gasteiger partial charge in [0.2, 0.25) is 0 Å². The summed E-state index contributed by atoms with van der Waals surface area (Å²) in [6, 6.07) is 20.4. The van der Waals surface area contributed by atoms with Crippen LogP contribution in [-0.2, 0) is 0 Å². The largest absolute Gasteiger partial charge is 0.506 e. The molecule has 4 nitrogen and oxygen atoms in total. The van der Waals surface area contributed by atoms with E-state index < -0.39 is 0 Å². The third-order valence-electron chi connectivity index (χ3n) is 3.76. The van der Waals surface area contributed by atoms with Crippen LogP contribution in [-0.4, -0.2) is 23.0 Å². The molecule has 0 fully saturated rings. The molecule has 0 heterocycles. The van der Waals surface area contributed by atoms with Gasteiger partial charge < -0.3 is 14.9 Å². The maximum atomic E-state index is 10.2. The van der Waals surface area contributed by atoms with Gasteiger partial charge in [0.15, 0.2) is 11.5 Å². The zero-order valence-electron chi connectivity index (χ0n) is 13.9. The summed E-state index contributed by atoms with van der Waals surface area (Å²) >= 11 is 0. The van der Waals surface area contributed by atoms with Gasteiger partial charge in [-0.1, -0.05) is 42.5 Å². The lowest BCUT2D eigenvalue weighted by Crippen LogP contribution is -1.93. The Labute approximate surface area is 146 Å². The average Bonchev–Trinajstić information content (AvgIpc) is 2.64. The Kier molecular flexibility index (Phi) is 5.00. The molecule has 4 heteroatoms. The predicted molar refractivity (Wildman–Crippen MR) is 100 cm³/mol. The second-order valence-electron chi connectivity index (χ2n) is 5.45. The van der Waals surface area contributed by atoms with E-state index in [0.29, 0.717) is 23.6 Å². The number of hydrogen-bond acceptors (Lipinski definition) is 4.